The molecule has 0 saturated heterocycles. The second kappa shape index (κ2) is 7.48. The number of carbonyl (C=O) groups excluding carboxylic acids is 1. The van der Waals surface area contributed by atoms with Crippen LogP contribution in [0.25, 0.3) is 0 Å². The predicted molar refractivity (Wildman–Crippen MR) is 102 cm³/mol. The van der Waals surface area contributed by atoms with E-state index >= 15 is 0 Å². The highest BCUT2D eigenvalue weighted by Gasteiger charge is 2.17. The van der Waals surface area contributed by atoms with Crippen molar-refractivity contribution >= 4 is 34.8 Å². The molecule has 26 heavy (non-hydrogen) atoms. The third-order valence-corrected chi connectivity index (χ3v) is 4.64. The van der Waals surface area contributed by atoms with Crippen molar-refractivity contribution in [1.82, 2.24) is 9.97 Å². The first kappa shape index (κ1) is 18.4. The Balaban J connectivity index is 1.79. The molecule has 0 aliphatic rings. The standard InChI is InChI=1S/C19H17Cl2N3O2/c1-10-6-11(2)14(12(3)7-10)8-13-4-5-15(26-13)19(25)24-16-17(20)22-9-23-18(16)21/h4-7,9H,8H2,1-3H3,(H,24,25). The van der Waals surface area contributed by atoms with E-state index in [1.54, 1.807) is 12.1 Å². The molecule has 2 heterocycles. The number of carbonyl (C=O) groups is 1. The fraction of sp³-hybridized carbons (Fsp3) is 0.211. The van der Waals surface area contributed by atoms with Gasteiger partial charge in [0.05, 0.1) is 0 Å². The Morgan fingerprint density at radius 3 is 2.31 bits per heavy atom. The summed E-state index contributed by atoms with van der Waals surface area (Å²) in [5, 5.41) is 2.71. The van der Waals surface area contributed by atoms with Crippen molar-refractivity contribution in [3.63, 3.8) is 0 Å². The number of rotatable bonds is 4. The molecule has 1 N–H and O–H groups in total. The highest BCUT2D eigenvalue weighted by atomic mass is 35.5. The van der Waals surface area contributed by atoms with Gasteiger partial charge in [-0.2, -0.15) is 0 Å². The van der Waals surface area contributed by atoms with Crippen molar-refractivity contribution in [3.05, 3.63) is 74.7 Å². The van der Waals surface area contributed by atoms with Gasteiger partial charge in [-0.05, 0) is 49.6 Å². The predicted octanol–water partition coefficient (Wildman–Crippen LogP) is 5.14. The Morgan fingerprint density at radius 2 is 1.69 bits per heavy atom. The molecule has 3 rings (SSSR count). The quantitative estimate of drug-likeness (QED) is 0.626. The maximum atomic E-state index is 12.4. The van der Waals surface area contributed by atoms with E-state index in [2.05, 4.69) is 48.2 Å². The number of anilines is 1. The fourth-order valence-electron chi connectivity index (χ4n) is 2.88. The van der Waals surface area contributed by atoms with Gasteiger partial charge < -0.3 is 9.73 Å². The van der Waals surface area contributed by atoms with Crippen LogP contribution in [0.4, 0.5) is 5.69 Å². The van der Waals surface area contributed by atoms with Crippen molar-refractivity contribution in [3.8, 4) is 0 Å². The molecule has 0 saturated carbocycles. The summed E-state index contributed by atoms with van der Waals surface area (Å²) in [4.78, 5) is 20.0. The molecule has 7 heteroatoms. The second-order valence-corrected chi connectivity index (χ2v) is 6.82. The second-order valence-electron chi connectivity index (χ2n) is 6.10. The van der Waals surface area contributed by atoms with Crippen molar-refractivity contribution < 1.29 is 9.21 Å². The van der Waals surface area contributed by atoms with Crippen LogP contribution in [0.2, 0.25) is 10.3 Å². The van der Waals surface area contributed by atoms with Gasteiger partial charge in [-0.15, -0.1) is 0 Å². The highest BCUT2D eigenvalue weighted by molar-refractivity contribution is 6.38. The zero-order chi connectivity index (χ0) is 18.8. The van der Waals surface area contributed by atoms with Gasteiger partial charge in [0.2, 0.25) is 0 Å². The first-order valence-electron chi connectivity index (χ1n) is 7.98. The first-order valence-corrected chi connectivity index (χ1v) is 8.73. The monoisotopic (exact) mass is 389 g/mol. The van der Waals surface area contributed by atoms with E-state index in [1.807, 2.05) is 0 Å². The smallest absolute Gasteiger partial charge is 0.291 e. The Kier molecular flexibility index (Phi) is 5.30. The van der Waals surface area contributed by atoms with Crippen LogP contribution < -0.4 is 5.32 Å². The number of amides is 1. The number of benzene rings is 1. The van der Waals surface area contributed by atoms with Crippen LogP contribution in [0.15, 0.2) is 35.0 Å². The van der Waals surface area contributed by atoms with Crippen LogP contribution in [-0.2, 0) is 6.42 Å². The van der Waals surface area contributed by atoms with Gasteiger partial charge in [0.15, 0.2) is 16.1 Å². The van der Waals surface area contributed by atoms with Crippen LogP contribution in [-0.4, -0.2) is 15.9 Å². The first-order chi connectivity index (χ1) is 12.3. The fourth-order valence-corrected chi connectivity index (χ4v) is 3.29. The van der Waals surface area contributed by atoms with Crippen molar-refractivity contribution in [2.75, 3.05) is 5.32 Å². The van der Waals surface area contributed by atoms with Crippen molar-refractivity contribution in [2.24, 2.45) is 0 Å². The van der Waals surface area contributed by atoms with Crippen LogP contribution in [0.5, 0.6) is 0 Å². The summed E-state index contributed by atoms with van der Waals surface area (Å²) in [6.07, 6.45) is 1.83. The van der Waals surface area contributed by atoms with E-state index in [0.29, 0.717) is 12.2 Å². The Morgan fingerprint density at radius 1 is 1.08 bits per heavy atom. The molecule has 134 valence electrons. The van der Waals surface area contributed by atoms with Gasteiger partial charge in [0.25, 0.3) is 5.91 Å². The zero-order valence-electron chi connectivity index (χ0n) is 14.6. The SMILES string of the molecule is Cc1cc(C)c(Cc2ccc(C(=O)Nc3c(Cl)ncnc3Cl)o2)c(C)c1. The molecule has 0 spiro atoms. The molecule has 0 fully saturated rings. The molecule has 0 aliphatic carbocycles. The number of aryl methyl sites for hydroxylation is 3. The van der Waals surface area contributed by atoms with Crippen LogP contribution in [0.3, 0.4) is 0 Å². The van der Waals surface area contributed by atoms with Crippen molar-refractivity contribution in [1.29, 1.82) is 0 Å². The third kappa shape index (κ3) is 3.89. The molecule has 2 aromatic heterocycles. The van der Waals surface area contributed by atoms with Crippen LogP contribution >= 0.6 is 23.2 Å². The topological polar surface area (TPSA) is 68.0 Å². The lowest BCUT2D eigenvalue weighted by Crippen LogP contribution is -2.12. The van der Waals surface area contributed by atoms with Gasteiger partial charge >= 0.3 is 0 Å². The van der Waals surface area contributed by atoms with Gasteiger partial charge in [0.1, 0.15) is 17.8 Å². The van der Waals surface area contributed by atoms with E-state index in [1.165, 1.54) is 28.6 Å². The molecule has 0 aliphatic heterocycles. The lowest BCUT2D eigenvalue weighted by Gasteiger charge is -2.10. The Labute approximate surface area is 161 Å². The minimum Gasteiger partial charge on any atom is -0.456 e. The molecule has 1 amide bonds. The van der Waals surface area contributed by atoms with Gasteiger partial charge in [0, 0.05) is 6.42 Å². The Hall–Kier alpha value is -2.37. The summed E-state index contributed by atoms with van der Waals surface area (Å²) >= 11 is 11.9. The molecular weight excluding hydrogens is 373 g/mol. The van der Waals surface area contributed by atoms with E-state index < -0.39 is 5.91 Å². The van der Waals surface area contributed by atoms with E-state index in [0.717, 1.165) is 0 Å². The summed E-state index contributed by atoms with van der Waals surface area (Å²) in [7, 11) is 0. The number of aromatic nitrogens is 2. The zero-order valence-corrected chi connectivity index (χ0v) is 16.1. The lowest BCUT2D eigenvalue weighted by atomic mass is 9.97. The van der Waals surface area contributed by atoms with Crippen LogP contribution in [0, 0.1) is 20.8 Å². The van der Waals surface area contributed by atoms with Gasteiger partial charge in [-0.1, -0.05) is 40.9 Å². The summed E-state index contributed by atoms with van der Waals surface area (Å²) < 4.78 is 5.70. The molecule has 5 nitrogen and oxygen atoms in total. The number of nitrogens with one attached hydrogen (secondary N) is 1. The molecule has 1 aromatic carbocycles. The minimum absolute atomic E-state index is 0.0658. The number of furan rings is 1. The third-order valence-electron chi connectivity index (χ3n) is 4.07. The minimum atomic E-state index is -0.466. The van der Waals surface area contributed by atoms with E-state index in [4.69, 9.17) is 27.6 Å². The normalized spacial score (nSPS) is 10.8. The van der Waals surface area contributed by atoms with Crippen LogP contribution in [0.1, 0.15) is 38.6 Å². The van der Waals surface area contributed by atoms with E-state index in [9.17, 15) is 4.79 Å². The summed E-state index contributed by atoms with van der Waals surface area (Å²) in [6.45, 7) is 6.22. The van der Waals surface area contributed by atoms with Gasteiger partial charge in [-0.3, -0.25) is 4.79 Å². The molecule has 0 atom stereocenters. The summed E-state index contributed by atoms with van der Waals surface area (Å²) in [6, 6.07) is 7.68. The molecule has 0 bridgehead atoms. The largest absolute Gasteiger partial charge is 0.456 e. The molecule has 3 aromatic rings. The maximum absolute atomic E-state index is 12.4. The average Bonchev–Trinajstić information content (AvgIpc) is 3.03. The summed E-state index contributed by atoms with van der Waals surface area (Å²) in [5.74, 6) is 0.400. The van der Waals surface area contributed by atoms with E-state index in [-0.39, 0.29) is 21.8 Å². The highest BCUT2D eigenvalue weighted by Crippen LogP contribution is 2.27. The summed E-state index contributed by atoms with van der Waals surface area (Å²) in [5.41, 5.74) is 4.97. The van der Waals surface area contributed by atoms with Crippen molar-refractivity contribution in [2.45, 2.75) is 27.2 Å². The lowest BCUT2D eigenvalue weighted by molar-refractivity contribution is 0.0995. The molecule has 0 radical (unpaired) electrons. The number of hydrogen-bond acceptors (Lipinski definition) is 4. The molecular formula is C19H17Cl2N3O2. The average molecular weight is 390 g/mol. The number of nitrogens with zero attached hydrogens (tertiary/aromatic N) is 2. The Bertz CT molecular complexity index is 939. The number of halogens is 2. The van der Waals surface area contributed by atoms with Gasteiger partial charge in [-0.25, -0.2) is 9.97 Å². The molecule has 0 unspecified atom stereocenters. The number of hydrogen-bond donors (Lipinski definition) is 1. The maximum Gasteiger partial charge on any atom is 0.291 e.